The number of benzene rings is 3. The normalized spacial score (nSPS) is 18.6. The van der Waals surface area contributed by atoms with Gasteiger partial charge in [0.15, 0.2) is 5.82 Å². The Morgan fingerprint density at radius 2 is 1.38 bits per heavy atom. The number of carbonyl (C=O) groups excluding carboxylic acids is 1. The molecule has 200 valence electrons. The van der Waals surface area contributed by atoms with E-state index in [4.69, 9.17) is 0 Å². The molecule has 2 saturated heterocycles. The van der Waals surface area contributed by atoms with Crippen LogP contribution in [0, 0.1) is 0 Å². The molecule has 3 heterocycles. The number of hydrogen-bond acceptors (Lipinski definition) is 5. The topological polar surface area (TPSA) is 57.5 Å². The van der Waals surface area contributed by atoms with E-state index in [-0.39, 0.29) is 17.9 Å². The lowest BCUT2D eigenvalue weighted by Crippen LogP contribution is -2.44. The molecule has 2 fully saturated rings. The third kappa shape index (κ3) is 5.37. The van der Waals surface area contributed by atoms with Crippen molar-refractivity contribution < 1.29 is 4.79 Å². The van der Waals surface area contributed by atoms with E-state index in [1.807, 2.05) is 51.9 Å². The molecule has 7 nitrogen and oxygen atoms in total. The van der Waals surface area contributed by atoms with Crippen molar-refractivity contribution in [2.24, 2.45) is 0 Å². The summed E-state index contributed by atoms with van der Waals surface area (Å²) >= 11 is 0. The van der Waals surface area contributed by atoms with Gasteiger partial charge in [0.25, 0.3) is 5.91 Å². The van der Waals surface area contributed by atoms with Gasteiger partial charge in [0.05, 0.1) is 6.54 Å². The van der Waals surface area contributed by atoms with Crippen LogP contribution in [0.3, 0.4) is 0 Å². The van der Waals surface area contributed by atoms with E-state index in [9.17, 15) is 4.79 Å². The first-order chi connectivity index (χ1) is 19.2. The van der Waals surface area contributed by atoms with E-state index in [0.29, 0.717) is 12.4 Å². The minimum Gasteiger partial charge on any atom is -0.332 e. The number of rotatable bonds is 7. The number of likely N-dealkylation sites (N-methyl/N-ethyl adjacent to an activating group) is 1. The average molecular weight is 521 g/mol. The van der Waals surface area contributed by atoms with Gasteiger partial charge in [0.1, 0.15) is 0 Å². The fourth-order valence-corrected chi connectivity index (χ4v) is 6.09. The van der Waals surface area contributed by atoms with Crippen LogP contribution < -0.4 is 0 Å². The fourth-order valence-electron chi connectivity index (χ4n) is 6.09. The first-order valence-electron chi connectivity index (χ1n) is 14.0. The van der Waals surface area contributed by atoms with E-state index >= 15 is 0 Å². The summed E-state index contributed by atoms with van der Waals surface area (Å²) < 4.78 is 1.98. The minimum atomic E-state index is -0.0460. The lowest BCUT2D eigenvalue weighted by atomic mass is 9.84. The molecule has 0 radical (unpaired) electrons. The lowest BCUT2D eigenvalue weighted by Gasteiger charge is -2.33. The number of piperazine rings is 1. The van der Waals surface area contributed by atoms with Gasteiger partial charge in [-0.05, 0) is 43.1 Å². The van der Waals surface area contributed by atoms with Crippen molar-refractivity contribution in [3.05, 3.63) is 114 Å². The Labute approximate surface area is 230 Å². The van der Waals surface area contributed by atoms with Crippen LogP contribution in [0.5, 0.6) is 0 Å². The Bertz CT molecular complexity index is 1330. The highest BCUT2D eigenvalue weighted by Gasteiger charge is 2.39. The first kappa shape index (κ1) is 25.5. The molecule has 0 aliphatic carbocycles. The van der Waals surface area contributed by atoms with E-state index in [0.717, 1.165) is 57.1 Å². The molecule has 3 aromatic carbocycles. The van der Waals surface area contributed by atoms with Crippen LogP contribution >= 0.6 is 0 Å². The summed E-state index contributed by atoms with van der Waals surface area (Å²) in [6, 6.07) is 31.3. The largest absolute Gasteiger partial charge is 0.332 e. The Hall–Kier alpha value is -3.81. The average Bonchev–Trinajstić information content (AvgIpc) is 3.63. The van der Waals surface area contributed by atoms with Crippen LogP contribution in [-0.2, 0) is 6.54 Å². The van der Waals surface area contributed by atoms with E-state index in [1.165, 1.54) is 11.1 Å². The Kier molecular flexibility index (Phi) is 7.52. The number of aromatic nitrogens is 3. The molecule has 0 saturated carbocycles. The molecule has 6 rings (SSSR count). The van der Waals surface area contributed by atoms with Crippen molar-refractivity contribution in [2.75, 3.05) is 39.8 Å². The summed E-state index contributed by atoms with van der Waals surface area (Å²) in [6.45, 7) is 5.40. The molecule has 2 aliphatic rings. The summed E-state index contributed by atoms with van der Waals surface area (Å²) in [5.41, 5.74) is 3.38. The van der Waals surface area contributed by atoms with Crippen molar-refractivity contribution in [1.82, 2.24) is 29.5 Å². The molecule has 2 aliphatic heterocycles. The van der Waals surface area contributed by atoms with Crippen molar-refractivity contribution in [3.8, 4) is 5.69 Å². The summed E-state index contributed by atoms with van der Waals surface area (Å²) in [6.07, 6.45) is 1.92. The van der Waals surface area contributed by atoms with Gasteiger partial charge in [0, 0.05) is 50.4 Å². The number of carbonyl (C=O) groups is 1. The highest BCUT2D eigenvalue weighted by atomic mass is 16.2. The van der Waals surface area contributed by atoms with Gasteiger partial charge >= 0.3 is 0 Å². The Morgan fingerprint density at radius 1 is 0.795 bits per heavy atom. The molecule has 1 aromatic heterocycles. The zero-order valence-electron chi connectivity index (χ0n) is 22.6. The quantitative estimate of drug-likeness (QED) is 0.360. The third-order valence-corrected chi connectivity index (χ3v) is 8.16. The predicted molar refractivity (Wildman–Crippen MR) is 153 cm³/mol. The van der Waals surface area contributed by atoms with Gasteiger partial charge in [-0.25, -0.2) is 0 Å². The minimum absolute atomic E-state index is 0.0457. The molecule has 1 amide bonds. The first-order valence-corrected chi connectivity index (χ1v) is 14.0. The monoisotopic (exact) mass is 520 g/mol. The van der Waals surface area contributed by atoms with Gasteiger partial charge in [-0.1, -0.05) is 78.9 Å². The molecule has 0 N–H and O–H groups in total. The second-order valence-electron chi connectivity index (χ2n) is 10.7. The molecule has 4 aromatic rings. The number of hydrogen-bond donors (Lipinski definition) is 0. The van der Waals surface area contributed by atoms with Gasteiger partial charge in [-0.3, -0.25) is 14.3 Å². The lowest BCUT2D eigenvalue weighted by molar-refractivity contribution is 0.0709. The van der Waals surface area contributed by atoms with Crippen LogP contribution in [0.4, 0.5) is 0 Å². The molecule has 39 heavy (non-hydrogen) atoms. The molecular weight excluding hydrogens is 484 g/mol. The van der Waals surface area contributed by atoms with Crippen molar-refractivity contribution in [2.45, 2.75) is 31.3 Å². The summed E-state index contributed by atoms with van der Waals surface area (Å²) in [4.78, 5) is 21.1. The number of likely N-dealkylation sites (tertiary alicyclic amines) is 1. The SMILES string of the molecule is CN1CCN(Cc2nnc(C(=O)N3CCC[C@@H]3C(c3ccccc3)c3ccccc3)n2-c2ccccc2)CC1. The highest BCUT2D eigenvalue weighted by Crippen LogP contribution is 2.37. The standard InChI is InChI=1S/C32H36N6O/c1-35-20-22-36(23-21-35)24-29-33-34-31(38(29)27-16-9-4-10-17-27)32(39)37-19-11-18-28(37)30(25-12-5-2-6-13-25)26-14-7-3-8-15-26/h2-10,12-17,28,30H,11,18-24H2,1H3/t28-/m1/s1. The Morgan fingerprint density at radius 3 is 2.00 bits per heavy atom. The van der Waals surface area contributed by atoms with Crippen molar-refractivity contribution in [1.29, 1.82) is 0 Å². The van der Waals surface area contributed by atoms with Crippen LogP contribution in [0.25, 0.3) is 5.69 Å². The Balaban J connectivity index is 1.35. The molecule has 7 heteroatoms. The number of amides is 1. The smallest absolute Gasteiger partial charge is 0.292 e. The highest BCUT2D eigenvalue weighted by molar-refractivity contribution is 5.92. The van der Waals surface area contributed by atoms with E-state index in [1.54, 1.807) is 0 Å². The number of nitrogens with zero attached hydrogens (tertiary/aromatic N) is 6. The van der Waals surface area contributed by atoms with E-state index in [2.05, 4.69) is 75.6 Å². The summed E-state index contributed by atoms with van der Waals surface area (Å²) in [7, 11) is 2.16. The van der Waals surface area contributed by atoms with Gasteiger partial charge < -0.3 is 9.80 Å². The number of para-hydroxylation sites is 1. The second-order valence-corrected chi connectivity index (χ2v) is 10.7. The zero-order chi connectivity index (χ0) is 26.6. The van der Waals surface area contributed by atoms with Crippen LogP contribution in [0.2, 0.25) is 0 Å². The van der Waals surface area contributed by atoms with E-state index < -0.39 is 0 Å². The molecule has 0 spiro atoms. The maximum absolute atomic E-state index is 14.3. The van der Waals surface area contributed by atoms with Crippen LogP contribution in [-0.4, -0.2) is 81.2 Å². The van der Waals surface area contributed by atoms with Crippen LogP contribution in [0.1, 0.15) is 46.3 Å². The van der Waals surface area contributed by atoms with Crippen molar-refractivity contribution >= 4 is 5.91 Å². The molecule has 0 unspecified atom stereocenters. The molecule has 1 atom stereocenters. The second kappa shape index (κ2) is 11.5. The van der Waals surface area contributed by atoms with Gasteiger partial charge in [-0.2, -0.15) is 0 Å². The van der Waals surface area contributed by atoms with Crippen LogP contribution in [0.15, 0.2) is 91.0 Å². The maximum Gasteiger partial charge on any atom is 0.292 e. The maximum atomic E-state index is 14.3. The zero-order valence-corrected chi connectivity index (χ0v) is 22.6. The molecule has 0 bridgehead atoms. The third-order valence-electron chi connectivity index (χ3n) is 8.16. The van der Waals surface area contributed by atoms with Gasteiger partial charge in [0.2, 0.25) is 5.82 Å². The molecular formula is C32H36N6O. The summed E-state index contributed by atoms with van der Waals surface area (Å²) in [5, 5.41) is 9.14. The fraction of sp³-hybridized carbons (Fsp3) is 0.344. The summed E-state index contributed by atoms with van der Waals surface area (Å²) in [5.74, 6) is 1.26. The van der Waals surface area contributed by atoms with Gasteiger partial charge in [-0.15, -0.1) is 10.2 Å². The predicted octanol–water partition coefficient (Wildman–Crippen LogP) is 4.45. The van der Waals surface area contributed by atoms with Crippen molar-refractivity contribution in [3.63, 3.8) is 0 Å².